The topological polar surface area (TPSA) is 63.8 Å². The molecule has 3 heterocycles. The molecule has 3 aromatic heterocycles. The summed E-state index contributed by atoms with van der Waals surface area (Å²) in [5.74, 6) is 0.935. The van der Waals surface area contributed by atoms with Gasteiger partial charge < -0.3 is 5.11 Å². The number of pyridine rings is 2. The largest absolute Gasteiger partial charge is 0.507 e. The molecule has 0 aliphatic rings. The third kappa shape index (κ3) is 7.47. The van der Waals surface area contributed by atoms with Gasteiger partial charge in [0.25, 0.3) is 0 Å². The maximum absolute atomic E-state index is 12.1. The first-order valence-electron chi connectivity index (χ1n) is 19.8. The van der Waals surface area contributed by atoms with Crippen LogP contribution in [0.2, 0.25) is 19.6 Å². The Morgan fingerprint density at radius 2 is 1.20 bits per heavy atom. The highest BCUT2D eigenvalue weighted by Gasteiger charge is 2.29. The third-order valence-electron chi connectivity index (χ3n) is 10.8. The van der Waals surface area contributed by atoms with Crippen molar-refractivity contribution in [3.63, 3.8) is 0 Å². The highest BCUT2D eigenvalue weighted by Crippen LogP contribution is 2.44. The lowest BCUT2D eigenvalue weighted by molar-refractivity contribution is 0.446. The number of nitrogens with zero attached hydrogens (tertiary/aromatic N) is 4. The normalized spacial score (nSPS) is 12.7. The van der Waals surface area contributed by atoms with Crippen LogP contribution in [-0.4, -0.2) is 32.7 Å². The predicted molar refractivity (Wildman–Crippen MR) is 239 cm³/mol. The molecule has 0 spiro atoms. The highest BCUT2D eigenvalue weighted by atomic mass is 28.3. The molecule has 0 saturated heterocycles. The molecular formula is C50H56N4OSi. The second-order valence-electron chi connectivity index (χ2n) is 19.3. The van der Waals surface area contributed by atoms with E-state index in [1.807, 2.05) is 30.5 Å². The lowest BCUT2D eigenvalue weighted by atomic mass is 9.79. The van der Waals surface area contributed by atoms with Crippen LogP contribution in [0.5, 0.6) is 5.75 Å². The van der Waals surface area contributed by atoms with Gasteiger partial charge in [-0.25, -0.2) is 4.98 Å². The Morgan fingerprint density at radius 3 is 1.80 bits per heavy atom. The summed E-state index contributed by atoms with van der Waals surface area (Å²) >= 11 is 0. The fourth-order valence-electron chi connectivity index (χ4n) is 7.46. The zero-order chi connectivity index (χ0) is 40.4. The number of hydrogen-bond donors (Lipinski definition) is 1. The van der Waals surface area contributed by atoms with E-state index >= 15 is 0 Å². The van der Waals surface area contributed by atoms with E-state index in [1.54, 1.807) is 0 Å². The molecule has 7 rings (SSSR count). The van der Waals surface area contributed by atoms with Crippen LogP contribution in [0.3, 0.4) is 0 Å². The number of aromatic hydroxyl groups is 1. The number of fused-ring (bicyclic) bond motifs is 1. The summed E-state index contributed by atoms with van der Waals surface area (Å²) in [6.07, 6.45) is 4.00. The summed E-state index contributed by atoms with van der Waals surface area (Å²) < 4.78 is 2.17. The molecule has 0 aliphatic heterocycles. The first kappa shape index (κ1) is 38.9. The second-order valence-corrected chi connectivity index (χ2v) is 24.4. The smallest absolute Gasteiger partial charge is 0.149 e. The molecule has 56 heavy (non-hydrogen) atoms. The lowest BCUT2D eigenvalue weighted by Gasteiger charge is -2.27. The Labute approximate surface area is 334 Å². The minimum absolute atomic E-state index is 0.143. The first-order chi connectivity index (χ1) is 26.2. The van der Waals surface area contributed by atoms with Crippen molar-refractivity contribution in [3.05, 3.63) is 132 Å². The number of benzene rings is 4. The Balaban J connectivity index is 1.52. The van der Waals surface area contributed by atoms with Gasteiger partial charge in [0.15, 0.2) is 0 Å². The number of aromatic nitrogens is 4. The van der Waals surface area contributed by atoms with Gasteiger partial charge >= 0.3 is 0 Å². The summed E-state index contributed by atoms with van der Waals surface area (Å²) in [7, 11) is -1.71. The highest BCUT2D eigenvalue weighted by molar-refractivity contribution is 6.89. The summed E-state index contributed by atoms with van der Waals surface area (Å²) in [6.45, 7) is 27.0. The molecule has 0 fully saturated rings. The molecule has 7 aromatic rings. The van der Waals surface area contributed by atoms with Crippen LogP contribution in [0.15, 0.2) is 116 Å². The van der Waals surface area contributed by atoms with E-state index in [0.29, 0.717) is 11.4 Å². The molecule has 0 atom stereocenters. The van der Waals surface area contributed by atoms with E-state index in [4.69, 9.17) is 15.0 Å². The molecule has 1 N–H and O–H groups in total. The average Bonchev–Trinajstić information content (AvgIpc) is 3.53. The first-order valence-corrected chi connectivity index (χ1v) is 23.3. The number of phenols is 1. The van der Waals surface area contributed by atoms with E-state index in [-0.39, 0.29) is 22.0 Å². The van der Waals surface area contributed by atoms with Gasteiger partial charge in [0, 0.05) is 34.8 Å². The molecule has 0 saturated carbocycles. The minimum Gasteiger partial charge on any atom is -0.507 e. The molecular weight excluding hydrogens is 701 g/mol. The van der Waals surface area contributed by atoms with Crippen LogP contribution in [0.4, 0.5) is 0 Å². The van der Waals surface area contributed by atoms with E-state index in [9.17, 15) is 5.11 Å². The minimum atomic E-state index is -1.71. The molecule has 5 nitrogen and oxygen atoms in total. The van der Waals surface area contributed by atoms with Crippen molar-refractivity contribution in [2.75, 3.05) is 0 Å². The summed E-state index contributed by atoms with van der Waals surface area (Å²) in [4.78, 5) is 15.7. The van der Waals surface area contributed by atoms with Crippen LogP contribution in [0.25, 0.3) is 61.8 Å². The van der Waals surface area contributed by atoms with Crippen molar-refractivity contribution in [1.82, 2.24) is 19.5 Å². The van der Waals surface area contributed by atoms with Gasteiger partial charge in [-0.1, -0.05) is 137 Å². The van der Waals surface area contributed by atoms with Crippen LogP contribution in [0.1, 0.15) is 79.0 Å². The van der Waals surface area contributed by atoms with E-state index in [0.717, 1.165) is 50.4 Å². The number of rotatable bonds is 6. The van der Waals surface area contributed by atoms with Crippen molar-refractivity contribution < 1.29 is 5.11 Å². The zero-order valence-electron chi connectivity index (χ0n) is 35.2. The standard InChI is InChI=1S/C50H56N4OSi/c1-48(2,3)35-26-33(41-30-38(32-19-15-13-16-20-32)43(31-52-41)56(10,11)12)25-34(27-35)44-45-42(23-24-51-44)54(37-21-17-14-18-22-37)47(53-45)39-28-36(49(4,5)6)29-40(46(39)55)50(7,8)9/h13-31,55H,1-12H3. The number of hydrogen-bond acceptors (Lipinski definition) is 4. The van der Waals surface area contributed by atoms with Crippen molar-refractivity contribution in [2.24, 2.45) is 0 Å². The van der Waals surface area contributed by atoms with Crippen molar-refractivity contribution >= 4 is 24.3 Å². The van der Waals surface area contributed by atoms with Gasteiger partial charge in [0.1, 0.15) is 17.1 Å². The molecule has 0 unspecified atom stereocenters. The fourth-order valence-corrected chi connectivity index (χ4v) is 8.93. The SMILES string of the molecule is CC(C)(C)c1cc(-c2cc(-c3ccccc3)c([Si](C)(C)C)cn2)cc(-c2nccc3c2nc(-c2cc(C(C)(C)C)cc(C(C)(C)C)c2O)n3-c2ccccc2)c1. The Hall–Kier alpha value is -5.33. The number of phenolic OH excluding ortho intramolecular Hbond substituents is 1. The molecule has 286 valence electrons. The molecule has 0 aliphatic carbocycles. The van der Waals surface area contributed by atoms with E-state index < -0.39 is 8.07 Å². The molecule has 0 radical (unpaired) electrons. The Kier molecular flexibility index (Phi) is 9.73. The van der Waals surface area contributed by atoms with Crippen molar-refractivity contribution in [2.45, 2.75) is 98.2 Å². The maximum atomic E-state index is 12.1. The van der Waals surface area contributed by atoms with Gasteiger partial charge in [-0.3, -0.25) is 14.5 Å². The Morgan fingerprint density at radius 1 is 0.589 bits per heavy atom. The van der Waals surface area contributed by atoms with E-state index in [1.165, 1.54) is 21.9 Å². The lowest BCUT2D eigenvalue weighted by Crippen LogP contribution is -2.39. The van der Waals surface area contributed by atoms with Gasteiger partial charge in [-0.15, -0.1) is 0 Å². The maximum Gasteiger partial charge on any atom is 0.149 e. The van der Waals surface area contributed by atoms with Crippen molar-refractivity contribution in [3.8, 4) is 56.5 Å². The predicted octanol–water partition coefficient (Wildman–Crippen LogP) is 12.6. The van der Waals surface area contributed by atoms with Crippen LogP contribution in [-0.2, 0) is 16.2 Å². The van der Waals surface area contributed by atoms with E-state index in [2.05, 4.69) is 172 Å². The number of para-hydroxylation sites is 1. The monoisotopic (exact) mass is 756 g/mol. The quantitative estimate of drug-likeness (QED) is 0.172. The van der Waals surface area contributed by atoms with Gasteiger partial charge in [-0.05, 0) is 92.2 Å². The van der Waals surface area contributed by atoms with Crippen molar-refractivity contribution in [1.29, 1.82) is 0 Å². The average molecular weight is 757 g/mol. The molecule has 4 aromatic carbocycles. The van der Waals surface area contributed by atoms with Crippen LogP contribution in [0, 0.1) is 0 Å². The van der Waals surface area contributed by atoms with Gasteiger partial charge in [0.2, 0.25) is 0 Å². The summed E-state index contributed by atoms with van der Waals surface area (Å²) in [6, 6.07) is 36.4. The van der Waals surface area contributed by atoms with Crippen LogP contribution < -0.4 is 5.19 Å². The van der Waals surface area contributed by atoms with Crippen LogP contribution >= 0.6 is 0 Å². The second kappa shape index (κ2) is 14.0. The number of imidazole rings is 1. The fraction of sp³-hybridized carbons (Fsp3) is 0.300. The van der Waals surface area contributed by atoms with Gasteiger partial charge in [-0.2, -0.15) is 0 Å². The third-order valence-corrected chi connectivity index (χ3v) is 12.8. The summed E-state index contributed by atoms with van der Waals surface area (Å²) in [5, 5.41) is 13.5. The molecule has 0 amide bonds. The Bertz CT molecular complexity index is 2560. The van der Waals surface area contributed by atoms with Gasteiger partial charge in [0.05, 0.1) is 30.5 Å². The summed E-state index contributed by atoms with van der Waals surface area (Å²) in [5.41, 5.74) is 12.2. The molecule has 0 bridgehead atoms. The zero-order valence-corrected chi connectivity index (χ0v) is 36.2. The molecule has 6 heteroatoms.